The Balaban J connectivity index is 2.53. The Morgan fingerprint density at radius 2 is 1.95 bits per heavy atom. The molecule has 1 rings (SSSR count). The quantitative estimate of drug-likeness (QED) is 0.630. The molecule has 0 saturated heterocycles. The molecule has 0 aromatic carbocycles. The molecule has 0 bridgehead atoms. The smallest absolute Gasteiger partial charge is 0.151 e. The van der Waals surface area contributed by atoms with E-state index in [1.54, 1.807) is 7.11 Å². The summed E-state index contributed by atoms with van der Waals surface area (Å²) in [6.07, 6.45) is 7.80. The van der Waals surface area contributed by atoms with Gasteiger partial charge in [-0.1, -0.05) is 26.2 Å². The molecular formula is C15H31NO3S. The van der Waals surface area contributed by atoms with E-state index in [9.17, 15) is 8.42 Å². The van der Waals surface area contributed by atoms with E-state index < -0.39 is 9.84 Å². The van der Waals surface area contributed by atoms with Gasteiger partial charge in [0.05, 0.1) is 11.5 Å². The van der Waals surface area contributed by atoms with Crippen molar-refractivity contribution >= 4 is 9.84 Å². The van der Waals surface area contributed by atoms with Gasteiger partial charge >= 0.3 is 0 Å². The van der Waals surface area contributed by atoms with E-state index >= 15 is 0 Å². The van der Waals surface area contributed by atoms with E-state index in [0.29, 0.717) is 24.7 Å². The lowest BCUT2D eigenvalue weighted by Crippen LogP contribution is -2.43. The predicted molar refractivity (Wildman–Crippen MR) is 83.8 cm³/mol. The zero-order valence-electron chi connectivity index (χ0n) is 13.1. The van der Waals surface area contributed by atoms with Gasteiger partial charge in [-0.05, 0) is 38.1 Å². The van der Waals surface area contributed by atoms with Gasteiger partial charge in [0.25, 0.3) is 0 Å². The van der Waals surface area contributed by atoms with Crippen LogP contribution in [-0.2, 0) is 14.6 Å². The zero-order chi connectivity index (χ0) is 14.8. The van der Waals surface area contributed by atoms with Gasteiger partial charge in [-0.25, -0.2) is 8.42 Å². The molecular weight excluding hydrogens is 274 g/mol. The fourth-order valence-electron chi connectivity index (χ4n) is 3.01. The third-order valence-electron chi connectivity index (χ3n) is 4.11. The lowest BCUT2D eigenvalue weighted by atomic mass is 9.84. The van der Waals surface area contributed by atoms with Crippen LogP contribution in [0.25, 0.3) is 0 Å². The molecule has 0 radical (unpaired) electrons. The molecule has 1 saturated carbocycles. The molecule has 5 heteroatoms. The molecule has 1 aliphatic rings. The molecule has 1 fully saturated rings. The minimum Gasteiger partial charge on any atom is -0.385 e. The van der Waals surface area contributed by atoms with Crippen molar-refractivity contribution in [2.45, 2.75) is 57.9 Å². The second-order valence-electron chi connectivity index (χ2n) is 5.92. The van der Waals surface area contributed by atoms with Crippen molar-refractivity contribution in [3.8, 4) is 0 Å². The number of sulfone groups is 1. The van der Waals surface area contributed by atoms with Crippen molar-refractivity contribution in [2.24, 2.45) is 5.92 Å². The van der Waals surface area contributed by atoms with Crippen molar-refractivity contribution in [2.75, 3.05) is 31.8 Å². The number of rotatable bonds is 10. The van der Waals surface area contributed by atoms with Crippen molar-refractivity contribution < 1.29 is 13.2 Å². The zero-order valence-corrected chi connectivity index (χ0v) is 13.9. The van der Waals surface area contributed by atoms with Gasteiger partial charge in [-0.15, -0.1) is 0 Å². The van der Waals surface area contributed by atoms with E-state index in [0.717, 1.165) is 13.0 Å². The maximum atomic E-state index is 12.2. The van der Waals surface area contributed by atoms with Gasteiger partial charge in [-0.2, -0.15) is 0 Å². The Labute approximate surface area is 124 Å². The van der Waals surface area contributed by atoms with Crippen LogP contribution in [0.3, 0.4) is 0 Å². The Morgan fingerprint density at radius 3 is 2.55 bits per heavy atom. The molecule has 0 aliphatic heterocycles. The number of methoxy groups -OCH3 is 1. The standard InChI is InChI=1S/C15H31NO3S/c1-3-10-16-15(14-8-5-4-6-9-14)13-20(17,18)12-7-11-19-2/h14-16H,3-13H2,1-2H3. The van der Waals surface area contributed by atoms with E-state index in [4.69, 9.17) is 4.74 Å². The second kappa shape index (κ2) is 9.74. The number of hydrogen-bond donors (Lipinski definition) is 1. The lowest BCUT2D eigenvalue weighted by molar-refractivity contribution is 0.199. The molecule has 0 amide bonds. The van der Waals surface area contributed by atoms with Crippen LogP contribution >= 0.6 is 0 Å². The van der Waals surface area contributed by atoms with E-state index in [1.807, 2.05) is 0 Å². The predicted octanol–water partition coefficient (Wildman–Crippen LogP) is 2.39. The van der Waals surface area contributed by atoms with E-state index in [-0.39, 0.29) is 11.8 Å². The highest BCUT2D eigenvalue weighted by Gasteiger charge is 2.27. The van der Waals surface area contributed by atoms with Gasteiger partial charge in [0, 0.05) is 19.8 Å². The average molecular weight is 305 g/mol. The highest BCUT2D eigenvalue weighted by atomic mass is 32.2. The molecule has 0 aromatic heterocycles. The summed E-state index contributed by atoms with van der Waals surface area (Å²) in [5.74, 6) is 1.08. The number of hydrogen-bond acceptors (Lipinski definition) is 4. The molecule has 1 N–H and O–H groups in total. The van der Waals surface area contributed by atoms with Gasteiger partial charge in [0.2, 0.25) is 0 Å². The van der Waals surface area contributed by atoms with E-state index in [1.165, 1.54) is 32.1 Å². The topological polar surface area (TPSA) is 55.4 Å². The van der Waals surface area contributed by atoms with Crippen LogP contribution in [0.2, 0.25) is 0 Å². The summed E-state index contributed by atoms with van der Waals surface area (Å²) in [6, 6.07) is 0.141. The summed E-state index contributed by atoms with van der Waals surface area (Å²) in [5.41, 5.74) is 0. The molecule has 1 unspecified atom stereocenters. The first kappa shape index (κ1) is 17.9. The van der Waals surface area contributed by atoms with Crippen molar-refractivity contribution in [3.05, 3.63) is 0 Å². The number of nitrogens with one attached hydrogen (secondary N) is 1. The van der Waals surface area contributed by atoms with Crippen LogP contribution in [0.1, 0.15) is 51.9 Å². The summed E-state index contributed by atoms with van der Waals surface area (Å²) in [6.45, 7) is 3.56. The maximum absolute atomic E-state index is 12.2. The SMILES string of the molecule is CCCNC(CS(=O)(=O)CCCOC)C1CCCCC1. The molecule has 0 heterocycles. The summed E-state index contributed by atoms with van der Waals surface area (Å²) >= 11 is 0. The summed E-state index contributed by atoms with van der Waals surface area (Å²) in [4.78, 5) is 0. The Hall–Kier alpha value is -0.130. The first-order valence-electron chi connectivity index (χ1n) is 8.02. The largest absolute Gasteiger partial charge is 0.385 e. The van der Waals surface area contributed by atoms with Crippen LogP contribution in [0.4, 0.5) is 0 Å². The third kappa shape index (κ3) is 7.04. The molecule has 120 valence electrons. The average Bonchev–Trinajstić information content (AvgIpc) is 2.44. The van der Waals surface area contributed by atoms with Crippen LogP contribution in [0.5, 0.6) is 0 Å². The first-order chi connectivity index (χ1) is 9.59. The van der Waals surface area contributed by atoms with Gasteiger partial charge < -0.3 is 10.1 Å². The van der Waals surface area contributed by atoms with Gasteiger partial charge in [0.1, 0.15) is 0 Å². The van der Waals surface area contributed by atoms with Crippen LogP contribution in [0, 0.1) is 5.92 Å². The molecule has 1 aliphatic carbocycles. The normalized spacial score (nSPS) is 19.1. The minimum atomic E-state index is -2.98. The highest BCUT2D eigenvalue weighted by Crippen LogP contribution is 2.27. The number of ether oxygens (including phenoxy) is 1. The van der Waals surface area contributed by atoms with Crippen LogP contribution < -0.4 is 5.32 Å². The maximum Gasteiger partial charge on any atom is 0.151 e. The summed E-state index contributed by atoms with van der Waals surface area (Å²) in [7, 11) is -1.36. The van der Waals surface area contributed by atoms with Gasteiger partial charge in [0.15, 0.2) is 9.84 Å². The van der Waals surface area contributed by atoms with Gasteiger partial charge in [-0.3, -0.25) is 0 Å². The van der Waals surface area contributed by atoms with Crippen molar-refractivity contribution in [1.29, 1.82) is 0 Å². The Bertz CT molecular complexity index is 337. The van der Waals surface area contributed by atoms with Crippen molar-refractivity contribution in [3.63, 3.8) is 0 Å². The Kier molecular flexibility index (Phi) is 8.73. The van der Waals surface area contributed by atoms with Crippen molar-refractivity contribution in [1.82, 2.24) is 5.32 Å². The molecule has 20 heavy (non-hydrogen) atoms. The summed E-state index contributed by atoms with van der Waals surface area (Å²) < 4.78 is 29.4. The monoisotopic (exact) mass is 305 g/mol. The fourth-order valence-corrected chi connectivity index (χ4v) is 4.67. The first-order valence-corrected chi connectivity index (χ1v) is 9.84. The molecule has 0 spiro atoms. The minimum absolute atomic E-state index is 0.141. The highest BCUT2D eigenvalue weighted by molar-refractivity contribution is 7.91. The Morgan fingerprint density at radius 1 is 1.25 bits per heavy atom. The summed E-state index contributed by atoms with van der Waals surface area (Å²) in [5, 5.41) is 3.48. The fraction of sp³-hybridized carbons (Fsp3) is 1.00. The van der Waals surface area contributed by atoms with Crippen LogP contribution in [-0.4, -0.2) is 46.2 Å². The molecule has 1 atom stereocenters. The molecule has 0 aromatic rings. The molecule has 4 nitrogen and oxygen atoms in total. The lowest BCUT2D eigenvalue weighted by Gasteiger charge is -2.31. The van der Waals surface area contributed by atoms with E-state index in [2.05, 4.69) is 12.2 Å². The van der Waals surface area contributed by atoms with Crippen LogP contribution in [0.15, 0.2) is 0 Å². The third-order valence-corrected chi connectivity index (χ3v) is 5.89. The second-order valence-corrected chi connectivity index (χ2v) is 8.15.